The lowest BCUT2D eigenvalue weighted by Gasteiger charge is -2.32. The van der Waals surface area contributed by atoms with Gasteiger partial charge in [0.1, 0.15) is 0 Å². The Labute approximate surface area is 161 Å². The summed E-state index contributed by atoms with van der Waals surface area (Å²) >= 11 is 0. The molecule has 0 bridgehead atoms. The Morgan fingerprint density at radius 1 is 1.00 bits per heavy atom. The second-order valence-electron chi connectivity index (χ2n) is 7.63. The smallest absolute Gasteiger partial charge is 0.253 e. The summed E-state index contributed by atoms with van der Waals surface area (Å²) in [4.78, 5) is 27.0. The van der Waals surface area contributed by atoms with Gasteiger partial charge < -0.3 is 10.2 Å². The lowest BCUT2D eigenvalue weighted by atomic mass is 9.90. The quantitative estimate of drug-likeness (QED) is 0.874. The maximum atomic E-state index is 12.9. The monoisotopic (exact) mass is 364 g/mol. The highest BCUT2D eigenvalue weighted by Gasteiger charge is 2.24. The first-order chi connectivity index (χ1) is 13.0. The number of nitrogens with zero attached hydrogens (tertiary/aromatic N) is 1. The molecule has 27 heavy (non-hydrogen) atoms. The molecule has 0 radical (unpaired) electrons. The van der Waals surface area contributed by atoms with E-state index in [9.17, 15) is 9.59 Å². The number of hydrogen-bond acceptors (Lipinski definition) is 2. The highest BCUT2D eigenvalue weighted by atomic mass is 16.2. The highest BCUT2D eigenvalue weighted by Crippen LogP contribution is 2.23. The van der Waals surface area contributed by atoms with E-state index in [2.05, 4.69) is 29.6 Å². The van der Waals surface area contributed by atoms with Crippen LogP contribution in [-0.2, 0) is 6.42 Å². The Balaban J connectivity index is 1.58. The molecule has 3 rings (SSSR count). The van der Waals surface area contributed by atoms with E-state index in [1.165, 1.54) is 5.56 Å². The van der Waals surface area contributed by atoms with Crippen LogP contribution in [0.4, 0.5) is 0 Å². The van der Waals surface area contributed by atoms with Crippen molar-refractivity contribution in [3.63, 3.8) is 0 Å². The van der Waals surface area contributed by atoms with Crippen LogP contribution in [0.25, 0.3) is 0 Å². The molecule has 4 heteroatoms. The maximum Gasteiger partial charge on any atom is 0.253 e. The Morgan fingerprint density at radius 2 is 1.67 bits per heavy atom. The van der Waals surface area contributed by atoms with Crippen LogP contribution >= 0.6 is 0 Å². The predicted octanol–water partition coefficient (Wildman–Crippen LogP) is 3.92. The number of benzene rings is 2. The molecule has 1 N–H and O–H groups in total. The van der Waals surface area contributed by atoms with Crippen LogP contribution in [0.1, 0.15) is 53.0 Å². The number of piperidine rings is 1. The Morgan fingerprint density at radius 3 is 2.33 bits per heavy atom. The third kappa shape index (κ3) is 5.19. The van der Waals surface area contributed by atoms with E-state index in [0.717, 1.165) is 32.4 Å². The number of rotatable bonds is 5. The molecular formula is C23H28N2O2. The third-order valence-electron chi connectivity index (χ3n) is 5.06. The van der Waals surface area contributed by atoms with Crippen LogP contribution in [0, 0.1) is 5.92 Å². The summed E-state index contributed by atoms with van der Waals surface area (Å²) in [6, 6.07) is 17.6. The lowest BCUT2D eigenvalue weighted by molar-refractivity contribution is 0.0690. The van der Waals surface area contributed by atoms with E-state index in [1.54, 1.807) is 24.3 Å². The van der Waals surface area contributed by atoms with Crippen molar-refractivity contribution in [2.75, 3.05) is 13.1 Å². The molecule has 2 amide bonds. The van der Waals surface area contributed by atoms with Crippen molar-refractivity contribution in [2.45, 2.75) is 39.2 Å². The van der Waals surface area contributed by atoms with Crippen LogP contribution in [0.5, 0.6) is 0 Å². The third-order valence-corrected chi connectivity index (χ3v) is 5.06. The van der Waals surface area contributed by atoms with Gasteiger partial charge >= 0.3 is 0 Å². The average Bonchev–Trinajstić information content (AvgIpc) is 2.68. The van der Waals surface area contributed by atoms with Gasteiger partial charge in [-0.05, 0) is 62.8 Å². The number of carbonyl (C=O) groups excluding carboxylic acids is 2. The van der Waals surface area contributed by atoms with Gasteiger partial charge in [-0.25, -0.2) is 0 Å². The van der Waals surface area contributed by atoms with Gasteiger partial charge in [0.15, 0.2) is 0 Å². The molecule has 4 nitrogen and oxygen atoms in total. The lowest BCUT2D eigenvalue weighted by Crippen LogP contribution is -2.39. The first kappa shape index (κ1) is 19.2. The van der Waals surface area contributed by atoms with Crippen LogP contribution in [0.2, 0.25) is 0 Å². The first-order valence-electron chi connectivity index (χ1n) is 9.77. The van der Waals surface area contributed by atoms with Crippen molar-refractivity contribution in [2.24, 2.45) is 5.92 Å². The van der Waals surface area contributed by atoms with Crippen molar-refractivity contribution >= 4 is 11.8 Å². The zero-order chi connectivity index (χ0) is 19.2. The number of likely N-dealkylation sites (tertiary alicyclic amines) is 1. The molecule has 142 valence electrons. The molecule has 0 atom stereocenters. The fraction of sp³-hybridized carbons (Fsp3) is 0.391. The van der Waals surface area contributed by atoms with E-state index in [-0.39, 0.29) is 17.9 Å². The largest absolute Gasteiger partial charge is 0.350 e. The van der Waals surface area contributed by atoms with E-state index >= 15 is 0 Å². The molecule has 0 saturated carbocycles. The van der Waals surface area contributed by atoms with Crippen LogP contribution < -0.4 is 5.32 Å². The second-order valence-corrected chi connectivity index (χ2v) is 7.63. The molecule has 2 aromatic rings. The number of nitrogens with one attached hydrogen (secondary N) is 1. The van der Waals surface area contributed by atoms with Crippen molar-refractivity contribution in [3.8, 4) is 0 Å². The molecule has 2 aromatic carbocycles. The van der Waals surface area contributed by atoms with E-state index in [0.29, 0.717) is 17.0 Å². The first-order valence-corrected chi connectivity index (χ1v) is 9.77. The van der Waals surface area contributed by atoms with Crippen molar-refractivity contribution in [3.05, 3.63) is 71.3 Å². The molecule has 1 saturated heterocycles. The zero-order valence-electron chi connectivity index (χ0n) is 16.2. The number of amides is 2. The standard InChI is InChI=1S/C23H28N2O2/c1-17(2)24-22(26)20-9-6-10-21(16-20)23(27)25-13-11-19(12-14-25)15-18-7-4-3-5-8-18/h3-10,16-17,19H,11-15H2,1-2H3,(H,24,26). The van der Waals surface area contributed by atoms with Crippen LogP contribution in [0.3, 0.4) is 0 Å². The Bertz CT molecular complexity index is 778. The van der Waals surface area contributed by atoms with Crippen LogP contribution in [-0.4, -0.2) is 35.8 Å². The molecule has 0 aromatic heterocycles. The van der Waals surface area contributed by atoms with Crippen molar-refractivity contribution < 1.29 is 9.59 Å². The molecule has 1 heterocycles. The van der Waals surface area contributed by atoms with Gasteiger partial charge in [0.25, 0.3) is 11.8 Å². The molecular weight excluding hydrogens is 336 g/mol. The molecule has 1 aliphatic heterocycles. The molecule has 0 spiro atoms. The normalized spacial score (nSPS) is 15.0. The zero-order valence-corrected chi connectivity index (χ0v) is 16.2. The van der Waals surface area contributed by atoms with Gasteiger partial charge in [-0.1, -0.05) is 36.4 Å². The Hall–Kier alpha value is -2.62. The summed E-state index contributed by atoms with van der Waals surface area (Å²) in [6.45, 7) is 5.40. The van der Waals surface area contributed by atoms with Crippen molar-refractivity contribution in [1.29, 1.82) is 0 Å². The van der Waals surface area contributed by atoms with E-state index in [1.807, 2.05) is 24.8 Å². The fourth-order valence-electron chi connectivity index (χ4n) is 3.61. The molecule has 0 unspecified atom stereocenters. The van der Waals surface area contributed by atoms with Gasteiger partial charge in [-0.3, -0.25) is 9.59 Å². The van der Waals surface area contributed by atoms with E-state index in [4.69, 9.17) is 0 Å². The minimum absolute atomic E-state index is 0.0207. The van der Waals surface area contributed by atoms with Crippen molar-refractivity contribution in [1.82, 2.24) is 10.2 Å². The summed E-state index contributed by atoms with van der Waals surface area (Å²) in [5.41, 5.74) is 2.49. The minimum Gasteiger partial charge on any atom is -0.350 e. The van der Waals surface area contributed by atoms with Gasteiger partial charge in [0, 0.05) is 30.3 Å². The summed E-state index contributed by atoms with van der Waals surface area (Å²) in [5, 5.41) is 2.87. The summed E-state index contributed by atoms with van der Waals surface area (Å²) in [5.74, 6) is 0.508. The fourth-order valence-corrected chi connectivity index (χ4v) is 3.61. The second kappa shape index (κ2) is 8.85. The number of carbonyl (C=O) groups is 2. The Kier molecular flexibility index (Phi) is 6.28. The average molecular weight is 364 g/mol. The topological polar surface area (TPSA) is 49.4 Å². The van der Waals surface area contributed by atoms with E-state index < -0.39 is 0 Å². The summed E-state index contributed by atoms with van der Waals surface area (Å²) in [7, 11) is 0. The minimum atomic E-state index is -0.138. The number of hydrogen-bond donors (Lipinski definition) is 1. The van der Waals surface area contributed by atoms with Gasteiger partial charge in [0.2, 0.25) is 0 Å². The highest BCUT2D eigenvalue weighted by molar-refractivity contribution is 5.99. The van der Waals surface area contributed by atoms with Gasteiger partial charge in [0.05, 0.1) is 0 Å². The van der Waals surface area contributed by atoms with Gasteiger partial charge in [-0.2, -0.15) is 0 Å². The van der Waals surface area contributed by atoms with Crippen LogP contribution in [0.15, 0.2) is 54.6 Å². The molecule has 1 aliphatic rings. The van der Waals surface area contributed by atoms with Gasteiger partial charge in [-0.15, -0.1) is 0 Å². The molecule has 0 aliphatic carbocycles. The summed E-state index contributed by atoms with van der Waals surface area (Å²) in [6.07, 6.45) is 3.12. The maximum absolute atomic E-state index is 12.9. The SMILES string of the molecule is CC(C)NC(=O)c1cccc(C(=O)N2CCC(Cc3ccccc3)CC2)c1. The summed E-state index contributed by atoms with van der Waals surface area (Å²) < 4.78 is 0. The predicted molar refractivity (Wildman–Crippen MR) is 108 cm³/mol. The molecule has 1 fully saturated rings.